The zero-order chi connectivity index (χ0) is 23.8. The molecule has 0 aromatic heterocycles. The van der Waals surface area contributed by atoms with Gasteiger partial charge in [0.25, 0.3) is 0 Å². The summed E-state index contributed by atoms with van der Waals surface area (Å²) in [5.41, 5.74) is 2.43. The summed E-state index contributed by atoms with van der Waals surface area (Å²) in [6, 6.07) is 5.99. The topological polar surface area (TPSA) is 29.5 Å². The maximum Gasteiger partial charge on any atom is 0.119 e. The van der Waals surface area contributed by atoms with Gasteiger partial charge in [0.15, 0.2) is 0 Å². The third kappa shape index (κ3) is 17.1. The lowest BCUT2D eigenvalue weighted by molar-refractivity contribution is 0.132. The Morgan fingerprint density at radius 1 is 0.545 bits per heavy atom. The molecular weight excluding hydrogens is 404 g/mol. The summed E-state index contributed by atoms with van der Waals surface area (Å²) in [5.74, 6) is 0.472. The van der Waals surface area contributed by atoms with E-state index < -0.39 is 0 Å². The summed E-state index contributed by atoms with van der Waals surface area (Å²) in [6.07, 6.45) is 27.6. The Morgan fingerprint density at radius 2 is 1.03 bits per heavy atom. The van der Waals surface area contributed by atoms with Crippen molar-refractivity contribution in [2.24, 2.45) is 0 Å². The Morgan fingerprint density at radius 3 is 1.58 bits per heavy atom. The first-order valence-corrected chi connectivity index (χ1v) is 14.7. The average Bonchev–Trinajstić information content (AvgIpc) is 2.82. The summed E-state index contributed by atoms with van der Waals surface area (Å²) in [5, 5.41) is 10.3. The molecule has 192 valence electrons. The standard InChI is InChI=1S/C31H56O2/c1-3-5-7-9-11-12-13-14-15-17-19-21-27-33-28-26-29-23-22-25-31(32)30(29)24-20-18-16-10-8-6-4-2/h22-23,25,32H,3-21,24,26-28H2,1-2H3. The van der Waals surface area contributed by atoms with E-state index in [0.717, 1.165) is 31.6 Å². The third-order valence-corrected chi connectivity index (χ3v) is 6.94. The highest BCUT2D eigenvalue weighted by Crippen LogP contribution is 2.24. The van der Waals surface area contributed by atoms with Gasteiger partial charge in [-0.25, -0.2) is 0 Å². The van der Waals surface area contributed by atoms with Crippen molar-refractivity contribution in [2.45, 2.75) is 149 Å². The molecule has 0 atom stereocenters. The molecule has 1 N–H and O–H groups in total. The minimum atomic E-state index is 0.472. The highest BCUT2D eigenvalue weighted by Gasteiger charge is 2.08. The number of aromatic hydroxyl groups is 1. The Labute approximate surface area is 206 Å². The van der Waals surface area contributed by atoms with Crippen molar-refractivity contribution in [3.05, 3.63) is 29.3 Å². The molecule has 1 aromatic rings. The van der Waals surface area contributed by atoms with Crippen LogP contribution in [-0.2, 0) is 17.6 Å². The molecule has 0 heterocycles. The summed E-state index contributed by atoms with van der Waals surface area (Å²) < 4.78 is 5.92. The number of ether oxygens (including phenoxy) is 1. The lowest BCUT2D eigenvalue weighted by Gasteiger charge is -2.12. The predicted molar refractivity (Wildman–Crippen MR) is 145 cm³/mol. The molecule has 0 aliphatic carbocycles. The van der Waals surface area contributed by atoms with Gasteiger partial charge in [0.05, 0.1) is 6.61 Å². The van der Waals surface area contributed by atoms with E-state index in [1.165, 1.54) is 128 Å². The van der Waals surface area contributed by atoms with Crippen LogP contribution in [0.5, 0.6) is 5.75 Å². The first kappa shape index (κ1) is 30.0. The van der Waals surface area contributed by atoms with Crippen LogP contribution in [0.3, 0.4) is 0 Å². The van der Waals surface area contributed by atoms with Gasteiger partial charge in [-0.3, -0.25) is 0 Å². The monoisotopic (exact) mass is 460 g/mol. The fourth-order valence-electron chi connectivity index (χ4n) is 4.73. The van der Waals surface area contributed by atoms with Crippen molar-refractivity contribution < 1.29 is 9.84 Å². The lowest BCUT2D eigenvalue weighted by Crippen LogP contribution is -2.03. The molecule has 0 spiro atoms. The second kappa shape index (κ2) is 22.8. The quantitative estimate of drug-likeness (QED) is 0.155. The highest BCUT2D eigenvalue weighted by molar-refractivity contribution is 5.39. The van der Waals surface area contributed by atoms with E-state index in [2.05, 4.69) is 19.9 Å². The molecule has 33 heavy (non-hydrogen) atoms. The molecule has 0 fully saturated rings. The van der Waals surface area contributed by atoms with Gasteiger partial charge in [0.2, 0.25) is 0 Å². The molecule has 1 rings (SSSR count). The van der Waals surface area contributed by atoms with E-state index in [0.29, 0.717) is 5.75 Å². The number of rotatable bonds is 24. The fourth-order valence-corrected chi connectivity index (χ4v) is 4.73. The van der Waals surface area contributed by atoms with Crippen LogP contribution in [0.1, 0.15) is 147 Å². The molecule has 0 unspecified atom stereocenters. The van der Waals surface area contributed by atoms with Gasteiger partial charge in [-0.2, -0.15) is 0 Å². The Kier molecular flexibility index (Phi) is 20.7. The zero-order valence-corrected chi connectivity index (χ0v) is 22.4. The molecule has 2 heteroatoms. The number of hydrogen-bond donors (Lipinski definition) is 1. The van der Waals surface area contributed by atoms with Gasteiger partial charge in [0.1, 0.15) is 5.75 Å². The van der Waals surface area contributed by atoms with E-state index in [9.17, 15) is 5.11 Å². The van der Waals surface area contributed by atoms with E-state index in [4.69, 9.17) is 4.74 Å². The third-order valence-electron chi connectivity index (χ3n) is 6.94. The summed E-state index contributed by atoms with van der Waals surface area (Å²) in [6.45, 7) is 6.20. The smallest absolute Gasteiger partial charge is 0.119 e. The molecule has 0 saturated carbocycles. The van der Waals surface area contributed by atoms with E-state index in [1.807, 2.05) is 12.1 Å². The van der Waals surface area contributed by atoms with Crippen LogP contribution >= 0.6 is 0 Å². The van der Waals surface area contributed by atoms with E-state index in [-0.39, 0.29) is 0 Å². The van der Waals surface area contributed by atoms with Gasteiger partial charge in [0, 0.05) is 6.61 Å². The molecule has 2 nitrogen and oxygen atoms in total. The van der Waals surface area contributed by atoms with Gasteiger partial charge < -0.3 is 9.84 Å². The number of benzene rings is 1. The van der Waals surface area contributed by atoms with Crippen LogP contribution < -0.4 is 0 Å². The molecule has 0 amide bonds. The van der Waals surface area contributed by atoms with Gasteiger partial charge in [-0.15, -0.1) is 0 Å². The van der Waals surface area contributed by atoms with Crippen molar-refractivity contribution in [3.8, 4) is 5.75 Å². The summed E-state index contributed by atoms with van der Waals surface area (Å²) >= 11 is 0. The largest absolute Gasteiger partial charge is 0.508 e. The van der Waals surface area contributed by atoms with Crippen LogP contribution in [0.25, 0.3) is 0 Å². The van der Waals surface area contributed by atoms with Crippen molar-refractivity contribution in [2.75, 3.05) is 13.2 Å². The number of phenolic OH excluding ortho intramolecular Hbond substituents is 1. The van der Waals surface area contributed by atoms with Crippen LogP contribution in [-0.4, -0.2) is 18.3 Å². The van der Waals surface area contributed by atoms with Crippen LogP contribution in [0.4, 0.5) is 0 Å². The van der Waals surface area contributed by atoms with Crippen LogP contribution in [0.15, 0.2) is 18.2 Å². The summed E-state index contributed by atoms with van der Waals surface area (Å²) in [4.78, 5) is 0. The maximum absolute atomic E-state index is 10.3. The number of unbranched alkanes of at least 4 members (excludes halogenated alkanes) is 17. The molecule has 0 aliphatic heterocycles. The molecule has 0 bridgehead atoms. The fraction of sp³-hybridized carbons (Fsp3) is 0.806. The predicted octanol–water partition coefficient (Wildman–Crippen LogP) is 9.95. The molecule has 0 aliphatic rings. The normalized spacial score (nSPS) is 11.3. The Hall–Kier alpha value is -1.02. The second-order valence-electron chi connectivity index (χ2n) is 10.0. The maximum atomic E-state index is 10.3. The van der Waals surface area contributed by atoms with Crippen molar-refractivity contribution in [1.82, 2.24) is 0 Å². The first-order chi connectivity index (χ1) is 16.3. The van der Waals surface area contributed by atoms with Crippen LogP contribution in [0, 0.1) is 0 Å². The summed E-state index contributed by atoms with van der Waals surface area (Å²) in [7, 11) is 0. The zero-order valence-electron chi connectivity index (χ0n) is 22.4. The van der Waals surface area contributed by atoms with Gasteiger partial charge in [-0.1, -0.05) is 135 Å². The van der Waals surface area contributed by atoms with Gasteiger partial charge in [-0.05, 0) is 42.9 Å². The van der Waals surface area contributed by atoms with Crippen molar-refractivity contribution in [1.29, 1.82) is 0 Å². The average molecular weight is 461 g/mol. The Bertz CT molecular complexity index is 540. The minimum absolute atomic E-state index is 0.472. The number of phenols is 1. The highest BCUT2D eigenvalue weighted by atomic mass is 16.5. The van der Waals surface area contributed by atoms with E-state index >= 15 is 0 Å². The Balaban J connectivity index is 2.02. The molecule has 0 radical (unpaired) electrons. The lowest BCUT2D eigenvalue weighted by atomic mass is 9.97. The van der Waals surface area contributed by atoms with Crippen molar-refractivity contribution in [3.63, 3.8) is 0 Å². The van der Waals surface area contributed by atoms with Crippen LogP contribution in [0.2, 0.25) is 0 Å². The second-order valence-corrected chi connectivity index (χ2v) is 10.0. The molecule has 0 saturated heterocycles. The van der Waals surface area contributed by atoms with Crippen molar-refractivity contribution >= 4 is 0 Å². The minimum Gasteiger partial charge on any atom is -0.508 e. The van der Waals surface area contributed by atoms with E-state index in [1.54, 1.807) is 0 Å². The SMILES string of the molecule is CCCCCCCCCCCCCCOCCc1cccc(O)c1CCCCCCCCC. The molecule has 1 aromatic carbocycles. The molecular formula is C31H56O2. The first-order valence-electron chi connectivity index (χ1n) is 14.7. The number of hydrogen-bond acceptors (Lipinski definition) is 2. The van der Waals surface area contributed by atoms with Gasteiger partial charge >= 0.3 is 0 Å².